The number of carbonyl (C=O) groups is 2. The van der Waals surface area contributed by atoms with Crippen molar-refractivity contribution < 1.29 is 24.5 Å². The first-order valence-corrected chi connectivity index (χ1v) is 5.05. The molecule has 5 nitrogen and oxygen atoms in total. The molecule has 5 heteroatoms. The van der Waals surface area contributed by atoms with Gasteiger partial charge in [-0.25, -0.2) is 4.79 Å². The van der Waals surface area contributed by atoms with Gasteiger partial charge in [-0.3, -0.25) is 4.79 Å². The van der Waals surface area contributed by atoms with Gasteiger partial charge in [-0.05, 0) is 12.5 Å². The molecule has 1 rings (SSSR count). The molecule has 0 saturated heterocycles. The second-order valence-electron chi connectivity index (χ2n) is 3.78. The maximum atomic E-state index is 11.3. The molecule has 1 atom stereocenters. The van der Waals surface area contributed by atoms with Crippen molar-refractivity contribution in [3.8, 4) is 0 Å². The van der Waals surface area contributed by atoms with E-state index in [1.807, 2.05) is 30.3 Å². The van der Waals surface area contributed by atoms with Crippen LogP contribution >= 0.6 is 0 Å². The Balaban J connectivity index is 2.42. The molecule has 2 N–H and O–H groups in total. The monoisotopic (exact) mass is 238 g/mol. The van der Waals surface area contributed by atoms with Gasteiger partial charge in [0.15, 0.2) is 0 Å². The molecule has 0 aliphatic rings. The van der Waals surface area contributed by atoms with Gasteiger partial charge < -0.3 is 14.9 Å². The molecule has 0 fully saturated rings. The van der Waals surface area contributed by atoms with E-state index in [0.717, 1.165) is 12.5 Å². The van der Waals surface area contributed by atoms with Crippen molar-refractivity contribution in [2.45, 2.75) is 19.1 Å². The molecule has 0 aromatic heterocycles. The molecule has 17 heavy (non-hydrogen) atoms. The summed E-state index contributed by atoms with van der Waals surface area (Å²) in [6.07, 6.45) is 0. The number of hydrogen-bond acceptors (Lipinski definition) is 4. The molecule has 0 unspecified atom stereocenters. The van der Waals surface area contributed by atoms with E-state index in [9.17, 15) is 14.7 Å². The van der Waals surface area contributed by atoms with E-state index in [1.54, 1.807) is 0 Å². The Hall–Kier alpha value is -1.72. The summed E-state index contributed by atoms with van der Waals surface area (Å²) < 4.78 is 5.05. The van der Waals surface area contributed by atoms with Crippen molar-refractivity contribution in [3.05, 3.63) is 35.9 Å². The molecule has 92 valence electrons. The van der Waals surface area contributed by atoms with Crippen molar-refractivity contribution in [2.75, 3.05) is 6.61 Å². The van der Waals surface area contributed by atoms with Crippen LogP contribution in [0.5, 0.6) is 0 Å². The Morgan fingerprint density at radius 1 is 1.29 bits per heavy atom. The van der Waals surface area contributed by atoms with Gasteiger partial charge >= 0.3 is 5.97 Å². The number of aliphatic hydroxyl groups is 1. The number of benzene rings is 1. The number of ketones is 1. The summed E-state index contributed by atoms with van der Waals surface area (Å²) in [6, 6.07) is 9.14. The smallest absolute Gasteiger partial charge is 0.343 e. The van der Waals surface area contributed by atoms with E-state index in [4.69, 9.17) is 9.84 Å². The minimum Gasteiger partial charge on any atom is -0.479 e. The van der Waals surface area contributed by atoms with Gasteiger partial charge in [0.05, 0.1) is 6.61 Å². The van der Waals surface area contributed by atoms with Gasteiger partial charge in [-0.1, -0.05) is 30.3 Å². The highest BCUT2D eigenvalue weighted by Gasteiger charge is 2.38. The third-order valence-corrected chi connectivity index (χ3v) is 2.30. The highest BCUT2D eigenvalue weighted by Crippen LogP contribution is 2.07. The van der Waals surface area contributed by atoms with Crippen LogP contribution in [0.25, 0.3) is 0 Å². The van der Waals surface area contributed by atoms with Gasteiger partial charge in [-0.2, -0.15) is 0 Å². The topological polar surface area (TPSA) is 83.8 Å². The molecule has 1 aromatic rings. The minimum absolute atomic E-state index is 0.197. The number of ether oxygens (including phenoxy) is 1. The highest BCUT2D eigenvalue weighted by atomic mass is 16.5. The van der Waals surface area contributed by atoms with E-state index in [1.165, 1.54) is 0 Å². The molecule has 0 aliphatic heterocycles. The van der Waals surface area contributed by atoms with Gasteiger partial charge in [0, 0.05) is 0 Å². The summed E-state index contributed by atoms with van der Waals surface area (Å²) in [5.74, 6) is -2.45. The third kappa shape index (κ3) is 3.65. The molecule has 1 aromatic carbocycles. The average Bonchev–Trinajstić information content (AvgIpc) is 2.30. The lowest BCUT2D eigenvalue weighted by molar-refractivity contribution is -0.165. The second-order valence-corrected chi connectivity index (χ2v) is 3.78. The van der Waals surface area contributed by atoms with Crippen molar-refractivity contribution in [1.29, 1.82) is 0 Å². The summed E-state index contributed by atoms with van der Waals surface area (Å²) in [5.41, 5.74) is -1.52. The quantitative estimate of drug-likeness (QED) is 0.709. The van der Waals surface area contributed by atoms with E-state index in [0.29, 0.717) is 0 Å². The lowest BCUT2D eigenvalue weighted by atomic mass is 10.0. The normalized spacial score (nSPS) is 14.0. The second kappa shape index (κ2) is 5.56. The van der Waals surface area contributed by atoms with Gasteiger partial charge in [0.25, 0.3) is 0 Å². The van der Waals surface area contributed by atoms with Crippen molar-refractivity contribution >= 4 is 11.8 Å². The van der Waals surface area contributed by atoms with Crippen LogP contribution in [0.15, 0.2) is 30.3 Å². The zero-order valence-electron chi connectivity index (χ0n) is 9.42. The molecule has 0 bridgehead atoms. The maximum absolute atomic E-state index is 11.3. The van der Waals surface area contributed by atoms with E-state index in [-0.39, 0.29) is 6.61 Å². The number of hydrogen-bond donors (Lipinski definition) is 2. The highest BCUT2D eigenvalue weighted by molar-refractivity contribution is 6.06. The maximum Gasteiger partial charge on any atom is 0.343 e. The summed E-state index contributed by atoms with van der Waals surface area (Å²) in [4.78, 5) is 21.9. The third-order valence-electron chi connectivity index (χ3n) is 2.30. The number of carboxylic acids is 1. The molecular weight excluding hydrogens is 224 g/mol. The Bertz CT molecular complexity index is 397. The fourth-order valence-corrected chi connectivity index (χ4v) is 1.10. The number of carbonyl (C=O) groups excluding carboxylic acids is 1. The predicted molar refractivity (Wildman–Crippen MR) is 59.4 cm³/mol. The van der Waals surface area contributed by atoms with Gasteiger partial charge in [-0.15, -0.1) is 0 Å². The fourth-order valence-electron chi connectivity index (χ4n) is 1.10. The Kier molecular flexibility index (Phi) is 4.37. The predicted octanol–water partition coefficient (Wildman–Crippen LogP) is 0.608. The number of carboxylic acid groups (broad SMARTS) is 1. The molecule has 0 aliphatic carbocycles. The molecule has 0 amide bonds. The molecule has 0 saturated carbocycles. The first-order valence-electron chi connectivity index (χ1n) is 5.05. The van der Waals surface area contributed by atoms with Gasteiger partial charge in [0.1, 0.15) is 6.61 Å². The summed E-state index contributed by atoms with van der Waals surface area (Å²) in [5, 5.41) is 17.9. The largest absolute Gasteiger partial charge is 0.479 e. The van der Waals surface area contributed by atoms with E-state index < -0.39 is 24.0 Å². The van der Waals surface area contributed by atoms with Crippen molar-refractivity contribution in [1.82, 2.24) is 0 Å². The SMILES string of the molecule is C[C@@](O)(C(=O)O)C(=O)COCc1ccccc1. The zero-order valence-corrected chi connectivity index (χ0v) is 9.42. The van der Waals surface area contributed by atoms with Crippen molar-refractivity contribution in [2.24, 2.45) is 0 Å². The fraction of sp³-hybridized carbons (Fsp3) is 0.333. The summed E-state index contributed by atoms with van der Waals surface area (Å²) >= 11 is 0. The molecular formula is C12H14O5. The Morgan fingerprint density at radius 2 is 1.88 bits per heavy atom. The molecule has 0 spiro atoms. The number of Topliss-reactive ketones (excluding diaryl/α,β-unsaturated/α-hetero) is 1. The molecule has 0 radical (unpaired) electrons. The van der Waals surface area contributed by atoms with Crippen LogP contribution in [0.2, 0.25) is 0 Å². The van der Waals surface area contributed by atoms with Crippen molar-refractivity contribution in [3.63, 3.8) is 0 Å². The van der Waals surface area contributed by atoms with Crippen LogP contribution in [0, 0.1) is 0 Å². The Morgan fingerprint density at radius 3 is 2.41 bits per heavy atom. The first-order chi connectivity index (χ1) is 7.94. The summed E-state index contributed by atoms with van der Waals surface area (Å²) in [6.45, 7) is 0.694. The zero-order chi connectivity index (χ0) is 12.9. The van der Waals surface area contributed by atoms with E-state index >= 15 is 0 Å². The minimum atomic E-state index is -2.39. The lowest BCUT2D eigenvalue weighted by Crippen LogP contribution is -2.45. The average molecular weight is 238 g/mol. The van der Waals surface area contributed by atoms with Crippen LogP contribution in [0.1, 0.15) is 12.5 Å². The number of rotatable bonds is 6. The van der Waals surface area contributed by atoms with Crippen LogP contribution in [-0.4, -0.2) is 34.2 Å². The Labute approximate surface area is 98.6 Å². The standard InChI is InChI=1S/C12H14O5/c1-12(16,11(14)15)10(13)8-17-7-9-5-3-2-4-6-9/h2-6,16H,7-8H2,1H3,(H,14,15)/t12-/m0/s1. The van der Waals surface area contributed by atoms with E-state index in [2.05, 4.69) is 0 Å². The van der Waals surface area contributed by atoms with Crippen LogP contribution in [0.4, 0.5) is 0 Å². The van der Waals surface area contributed by atoms with Crippen LogP contribution in [0.3, 0.4) is 0 Å². The first kappa shape index (κ1) is 13.3. The van der Waals surface area contributed by atoms with Crippen LogP contribution < -0.4 is 0 Å². The van der Waals surface area contributed by atoms with Crippen LogP contribution in [-0.2, 0) is 20.9 Å². The molecule has 0 heterocycles. The number of aliphatic carboxylic acids is 1. The van der Waals surface area contributed by atoms with Gasteiger partial charge in [0.2, 0.25) is 11.4 Å². The summed E-state index contributed by atoms with van der Waals surface area (Å²) in [7, 11) is 0. The lowest BCUT2D eigenvalue weighted by Gasteiger charge is -2.15.